The van der Waals surface area contributed by atoms with Gasteiger partial charge in [-0.1, -0.05) is 23.7 Å². The average Bonchev–Trinajstić information content (AvgIpc) is 2.92. The third-order valence-electron chi connectivity index (χ3n) is 2.85. The summed E-state index contributed by atoms with van der Waals surface area (Å²) in [6.07, 6.45) is 0.900. The molecule has 114 valence electrons. The Bertz CT molecular complexity index is 616. The van der Waals surface area contributed by atoms with Crippen molar-refractivity contribution in [3.63, 3.8) is 0 Å². The van der Waals surface area contributed by atoms with Gasteiger partial charge < -0.3 is 15.0 Å². The number of ether oxygens (including phenoxy) is 1. The molecule has 0 radical (unpaired) electrons. The maximum atomic E-state index is 13.4. The number of rotatable bonds is 6. The van der Waals surface area contributed by atoms with Crippen molar-refractivity contribution in [1.82, 2.24) is 10.1 Å². The van der Waals surface area contributed by atoms with Crippen LogP contribution in [0.25, 0.3) is 11.5 Å². The number of nitrogens with two attached hydrogens (primary N) is 1. The summed E-state index contributed by atoms with van der Waals surface area (Å²) in [5, 5.41) is 3.89. The van der Waals surface area contributed by atoms with Crippen molar-refractivity contribution in [2.45, 2.75) is 25.8 Å². The lowest BCUT2D eigenvalue weighted by molar-refractivity contribution is 0.0867. The smallest absolute Gasteiger partial charge is 0.258 e. The van der Waals surface area contributed by atoms with E-state index in [2.05, 4.69) is 10.1 Å². The molecule has 0 aliphatic rings. The van der Waals surface area contributed by atoms with E-state index in [4.69, 9.17) is 26.6 Å². The Morgan fingerprint density at radius 3 is 2.90 bits per heavy atom. The van der Waals surface area contributed by atoms with Gasteiger partial charge in [-0.25, -0.2) is 4.39 Å². The van der Waals surface area contributed by atoms with Crippen molar-refractivity contribution in [2.24, 2.45) is 5.73 Å². The van der Waals surface area contributed by atoms with Gasteiger partial charge >= 0.3 is 0 Å². The predicted molar refractivity (Wildman–Crippen MR) is 77.4 cm³/mol. The largest absolute Gasteiger partial charge is 0.379 e. The Hall–Kier alpha value is -1.50. The van der Waals surface area contributed by atoms with E-state index in [0.717, 1.165) is 6.42 Å². The molecular weight excluding hydrogens is 297 g/mol. The van der Waals surface area contributed by atoms with Crippen LogP contribution in [-0.4, -0.2) is 23.4 Å². The highest BCUT2D eigenvalue weighted by atomic mass is 35.5. The molecule has 0 spiro atoms. The molecule has 1 aromatic carbocycles. The SMILES string of the molecule is CCCOCC(C)(N)c1noc(-c2ccc(Cl)c(F)c2)n1. The fourth-order valence-corrected chi connectivity index (χ4v) is 1.81. The molecule has 1 unspecified atom stereocenters. The van der Waals surface area contributed by atoms with Crippen LogP contribution >= 0.6 is 11.6 Å². The Morgan fingerprint density at radius 2 is 2.24 bits per heavy atom. The van der Waals surface area contributed by atoms with Crippen LogP contribution < -0.4 is 5.73 Å². The number of aromatic nitrogens is 2. The van der Waals surface area contributed by atoms with Gasteiger partial charge in [-0.05, 0) is 31.5 Å². The molecule has 0 aliphatic heterocycles. The van der Waals surface area contributed by atoms with Gasteiger partial charge in [0.2, 0.25) is 0 Å². The summed E-state index contributed by atoms with van der Waals surface area (Å²) in [5.41, 5.74) is 5.69. The standard InChI is InChI=1S/C14H17ClFN3O2/c1-3-6-20-8-14(2,17)13-18-12(21-19-13)9-4-5-10(15)11(16)7-9/h4-5,7H,3,6,8,17H2,1-2H3. The summed E-state index contributed by atoms with van der Waals surface area (Å²) in [5.74, 6) is -0.0487. The second-order valence-electron chi connectivity index (χ2n) is 5.02. The molecule has 0 amide bonds. The van der Waals surface area contributed by atoms with Crippen LogP contribution in [0.4, 0.5) is 4.39 Å². The third-order valence-corrected chi connectivity index (χ3v) is 3.16. The summed E-state index contributed by atoms with van der Waals surface area (Å²) < 4.78 is 24.0. The lowest BCUT2D eigenvalue weighted by atomic mass is 10.1. The molecule has 0 aliphatic carbocycles. The Labute approximate surface area is 127 Å². The lowest BCUT2D eigenvalue weighted by Gasteiger charge is -2.19. The van der Waals surface area contributed by atoms with Gasteiger partial charge in [0, 0.05) is 12.2 Å². The van der Waals surface area contributed by atoms with Gasteiger partial charge in [0.1, 0.15) is 11.4 Å². The minimum absolute atomic E-state index is 0.0371. The zero-order valence-corrected chi connectivity index (χ0v) is 12.7. The van der Waals surface area contributed by atoms with E-state index in [9.17, 15) is 4.39 Å². The minimum Gasteiger partial charge on any atom is -0.379 e. The highest BCUT2D eigenvalue weighted by molar-refractivity contribution is 6.30. The highest BCUT2D eigenvalue weighted by Crippen LogP contribution is 2.25. The van der Waals surface area contributed by atoms with E-state index in [-0.39, 0.29) is 17.5 Å². The van der Waals surface area contributed by atoms with Crippen LogP contribution in [0.2, 0.25) is 5.02 Å². The van der Waals surface area contributed by atoms with Crippen molar-refractivity contribution in [3.05, 3.63) is 34.9 Å². The molecule has 1 atom stereocenters. The number of halogens is 2. The molecule has 0 saturated heterocycles. The predicted octanol–water partition coefficient (Wildman–Crippen LogP) is 3.13. The van der Waals surface area contributed by atoms with Gasteiger partial charge in [0.05, 0.1) is 11.6 Å². The Kier molecular flexibility index (Phi) is 4.92. The zero-order valence-electron chi connectivity index (χ0n) is 11.9. The first-order chi connectivity index (χ1) is 9.94. The van der Waals surface area contributed by atoms with Crippen LogP contribution in [-0.2, 0) is 10.3 Å². The van der Waals surface area contributed by atoms with Crippen LogP contribution in [0.3, 0.4) is 0 Å². The summed E-state index contributed by atoms with van der Waals surface area (Å²) >= 11 is 5.64. The first kappa shape index (κ1) is 15.9. The number of nitrogens with zero attached hydrogens (tertiary/aromatic N) is 2. The molecule has 2 rings (SSSR count). The molecule has 7 heteroatoms. The summed E-state index contributed by atoms with van der Waals surface area (Å²) in [6.45, 7) is 4.64. The molecule has 0 fully saturated rings. The fourth-order valence-electron chi connectivity index (χ4n) is 1.69. The lowest BCUT2D eigenvalue weighted by Crippen LogP contribution is -2.39. The van der Waals surface area contributed by atoms with Crippen molar-refractivity contribution in [3.8, 4) is 11.5 Å². The number of hydrogen-bond acceptors (Lipinski definition) is 5. The summed E-state index contributed by atoms with van der Waals surface area (Å²) in [4.78, 5) is 4.21. The van der Waals surface area contributed by atoms with Crippen molar-refractivity contribution >= 4 is 11.6 Å². The maximum absolute atomic E-state index is 13.4. The molecule has 21 heavy (non-hydrogen) atoms. The first-order valence-corrected chi connectivity index (χ1v) is 6.98. The maximum Gasteiger partial charge on any atom is 0.258 e. The van der Waals surface area contributed by atoms with Crippen molar-refractivity contribution < 1.29 is 13.7 Å². The fraction of sp³-hybridized carbons (Fsp3) is 0.429. The van der Waals surface area contributed by atoms with Crippen molar-refractivity contribution in [1.29, 1.82) is 0 Å². The van der Waals surface area contributed by atoms with E-state index in [1.807, 2.05) is 6.92 Å². The molecule has 5 nitrogen and oxygen atoms in total. The van der Waals surface area contributed by atoms with Gasteiger partial charge in [-0.3, -0.25) is 0 Å². The molecule has 2 N–H and O–H groups in total. The molecule has 1 heterocycles. The molecule has 0 bridgehead atoms. The highest BCUT2D eigenvalue weighted by Gasteiger charge is 2.28. The van der Waals surface area contributed by atoms with Crippen LogP contribution in [0, 0.1) is 5.82 Å². The van der Waals surface area contributed by atoms with Gasteiger partial charge in [0.15, 0.2) is 5.82 Å². The van der Waals surface area contributed by atoms with Gasteiger partial charge in [-0.2, -0.15) is 4.98 Å². The first-order valence-electron chi connectivity index (χ1n) is 6.60. The van der Waals surface area contributed by atoms with Crippen LogP contribution in [0.1, 0.15) is 26.1 Å². The number of benzene rings is 1. The minimum atomic E-state index is -0.873. The average molecular weight is 314 g/mol. The van der Waals surface area contributed by atoms with E-state index in [0.29, 0.717) is 18.0 Å². The molecule has 1 aromatic heterocycles. The van der Waals surface area contributed by atoms with Crippen molar-refractivity contribution in [2.75, 3.05) is 13.2 Å². The van der Waals surface area contributed by atoms with E-state index >= 15 is 0 Å². The third kappa shape index (κ3) is 3.78. The normalized spacial score (nSPS) is 14.1. The van der Waals surface area contributed by atoms with E-state index in [1.165, 1.54) is 12.1 Å². The quantitative estimate of drug-likeness (QED) is 0.829. The summed E-state index contributed by atoms with van der Waals surface area (Å²) in [6, 6.07) is 4.27. The van der Waals surface area contributed by atoms with Gasteiger partial charge in [-0.15, -0.1) is 0 Å². The molecular formula is C14H17ClFN3O2. The molecule has 2 aromatic rings. The van der Waals surface area contributed by atoms with Crippen LogP contribution in [0.15, 0.2) is 22.7 Å². The second-order valence-corrected chi connectivity index (χ2v) is 5.43. The Morgan fingerprint density at radius 1 is 1.48 bits per heavy atom. The topological polar surface area (TPSA) is 74.2 Å². The van der Waals surface area contributed by atoms with E-state index < -0.39 is 11.4 Å². The zero-order chi connectivity index (χ0) is 15.5. The summed E-state index contributed by atoms with van der Waals surface area (Å²) in [7, 11) is 0. The monoisotopic (exact) mass is 313 g/mol. The molecule has 0 saturated carbocycles. The second kappa shape index (κ2) is 6.51. The Balaban J connectivity index is 2.18. The van der Waals surface area contributed by atoms with Crippen LogP contribution in [0.5, 0.6) is 0 Å². The van der Waals surface area contributed by atoms with E-state index in [1.54, 1.807) is 13.0 Å². The van der Waals surface area contributed by atoms with Gasteiger partial charge in [0.25, 0.3) is 5.89 Å². The number of hydrogen-bond donors (Lipinski definition) is 1.